The predicted molar refractivity (Wildman–Crippen MR) is 81.1 cm³/mol. The lowest BCUT2D eigenvalue weighted by Crippen LogP contribution is -2.05. The molecule has 0 aliphatic heterocycles. The van der Waals surface area contributed by atoms with E-state index in [2.05, 4.69) is 33.1 Å². The quantitative estimate of drug-likeness (QED) is 0.735. The number of hydrogen-bond acceptors (Lipinski definition) is 3. The Morgan fingerprint density at radius 3 is 2.70 bits per heavy atom. The third kappa shape index (κ3) is 2.82. The van der Waals surface area contributed by atoms with Crippen molar-refractivity contribution in [2.24, 2.45) is 0 Å². The maximum absolute atomic E-state index is 5.72. The molecule has 0 atom stereocenters. The molecule has 1 aromatic carbocycles. The van der Waals surface area contributed by atoms with E-state index in [1.807, 2.05) is 47.0 Å². The van der Waals surface area contributed by atoms with E-state index in [4.69, 9.17) is 4.74 Å². The maximum atomic E-state index is 5.72. The van der Waals surface area contributed by atoms with Crippen molar-refractivity contribution in [2.45, 2.75) is 13.3 Å². The number of pyridine rings is 1. The molecule has 2 heterocycles. The van der Waals surface area contributed by atoms with E-state index in [-0.39, 0.29) is 0 Å². The molecule has 3 aromatic rings. The van der Waals surface area contributed by atoms with Gasteiger partial charge in [0.15, 0.2) is 5.65 Å². The number of aromatic nitrogens is 3. The fraction of sp³-hybridized carbons (Fsp3) is 0.200. The first-order valence-electron chi connectivity index (χ1n) is 6.41. The van der Waals surface area contributed by atoms with E-state index in [1.54, 1.807) is 0 Å². The summed E-state index contributed by atoms with van der Waals surface area (Å²) in [6.07, 6.45) is 2.68. The fourth-order valence-electron chi connectivity index (χ4n) is 1.98. The smallest absolute Gasteiger partial charge is 0.160 e. The zero-order valence-electron chi connectivity index (χ0n) is 11.1. The summed E-state index contributed by atoms with van der Waals surface area (Å²) in [5.41, 5.74) is 2.07. The first kappa shape index (κ1) is 13.1. The summed E-state index contributed by atoms with van der Waals surface area (Å²) in [4.78, 5) is 0. The van der Waals surface area contributed by atoms with Gasteiger partial charge < -0.3 is 4.74 Å². The van der Waals surface area contributed by atoms with Gasteiger partial charge in [-0.2, -0.15) is 0 Å². The zero-order valence-corrected chi connectivity index (χ0v) is 12.7. The number of fused-ring (bicyclic) bond motifs is 1. The Kier molecular flexibility index (Phi) is 3.69. The van der Waals surface area contributed by atoms with Gasteiger partial charge in [0, 0.05) is 17.1 Å². The van der Waals surface area contributed by atoms with Crippen LogP contribution in [0.4, 0.5) is 0 Å². The maximum Gasteiger partial charge on any atom is 0.160 e. The number of benzene rings is 1. The summed E-state index contributed by atoms with van der Waals surface area (Å²) in [7, 11) is 0. The van der Waals surface area contributed by atoms with Crippen molar-refractivity contribution in [1.82, 2.24) is 14.6 Å². The second-order valence-electron chi connectivity index (χ2n) is 4.60. The third-order valence-electron chi connectivity index (χ3n) is 3.05. The summed E-state index contributed by atoms with van der Waals surface area (Å²) in [6.45, 7) is 2.64. The Hall–Kier alpha value is -1.88. The van der Waals surface area contributed by atoms with Crippen LogP contribution in [0.15, 0.2) is 47.1 Å². The lowest BCUT2D eigenvalue weighted by Gasteiger charge is -2.05. The third-order valence-corrected chi connectivity index (χ3v) is 3.52. The van der Waals surface area contributed by atoms with Gasteiger partial charge in [0.25, 0.3) is 0 Å². The minimum Gasteiger partial charge on any atom is -0.493 e. The standard InChI is InChI=1S/C15H14BrN3O/c1-11-2-5-13(6-3-11)20-9-8-15-18-17-14-7-4-12(16)10-19(14)15/h2-7,10H,8-9H2,1H3. The summed E-state index contributed by atoms with van der Waals surface area (Å²) in [5, 5.41) is 8.33. The van der Waals surface area contributed by atoms with Crippen molar-refractivity contribution < 1.29 is 4.74 Å². The Bertz CT molecular complexity index is 722. The fourth-order valence-corrected chi connectivity index (χ4v) is 2.31. The summed E-state index contributed by atoms with van der Waals surface area (Å²) in [6, 6.07) is 11.9. The molecule has 0 aliphatic carbocycles. The van der Waals surface area contributed by atoms with Crippen molar-refractivity contribution in [1.29, 1.82) is 0 Å². The van der Waals surface area contributed by atoms with Crippen LogP contribution in [0.3, 0.4) is 0 Å². The van der Waals surface area contributed by atoms with Gasteiger partial charge in [-0.05, 0) is 47.1 Å². The molecule has 0 unspecified atom stereocenters. The Balaban J connectivity index is 1.68. The van der Waals surface area contributed by atoms with Gasteiger partial charge in [-0.25, -0.2) is 0 Å². The average Bonchev–Trinajstić information content (AvgIpc) is 2.84. The Labute approximate surface area is 125 Å². The topological polar surface area (TPSA) is 39.4 Å². The summed E-state index contributed by atoms with van der Waals surface area (Å²) < 4.78 is 8.70. The summed E-state index contributed by atoms with van der Waals surface area (Å²) >= 11 is 3.46. The highest BCUT2D eigenvalue weighted by Gasteiger charge is 2.05. The van der Waals surface area contributed by atoms with Crippen molar-refractivity contribution in [3.8, 4) is 5.75 Å². The lowest BCUT2D eigenvalue weighted by molar-refractivity contribution is 0.318. The van der Waals surface area contributed by atoms with Crippen LogP contribution in [0.5, 0.6) is 5.75 Å². The molecular weight excluding hydrogens is 318 g/mol. The molecule has 0 radical (unpaired) electrons. The van der Waals surface area contributed by atoms with Crippen molar-refractivity contribution in [3.05, 3.63) is 58.5 Å². The molecule has 2 aromatic heterocycles. The Morgan fingerprint density at radius 2 is 1.90 bits per heavy atom. The van der Waals surface area contributed by atoms with Crippen molar-refractivity contribution in [2.75, 3.05) is 6.61 Å². The van der Waals surface area contributed by atoms with Crippen LogP contribution in [-0.4, -0.2) is 21.2 Å². The molecule has 4 nitrogen and oxygen atoms in total. The molecule has 0 amide bonds. The van der Waals surface area contributed by atoms with Gasteiger partial charge in [0.2, 0.25) is 0 Å². The van der Waals surface area contributed by atoms with Crippen LogP contribution in [0, 0.1) is 6.92 Å². The van der Waals surface area contributed by atoms with E-state index in [0.717, 1.165) is 21.7 Å². The lowest BCUT2D eigenvalue weighted by atomic mass is 10.2. The molecule has 20 heavy (non-hydrogen) atoms. The van der Waals surface area contributed by atoms with Crippen LogP contribution < -0.4 is 4.74 Å². The second kappa shape index (κ2) is 5.63. The molecule has 3 rings (SSSR count). The van der Waals surface area contributed by atoms with Crippen molar-refractivity contribution >= 4 is 21.6 Å². The van der Waals surface area contributed by atoms with E-state index >= 15 is 0 Å². The van der Waals surface area contributed by atoms with Gasteiger partial charge in [0.05, 0.1) is 6.61 Å². The molecular formula is C15H14BrN3O. The minimum atomic E-state index is 0.580. The second-order valence-corrected chi connectivity index (χ2v) is 5.52. The van der Waals surface area contributed by atoms with Gasteiger partial charge in [0.1, 0.15) is 11.6 Å². The van der Waals surface area contributed by atoms with Crippen LogP contribution in [0.1, 0.15) is 11.4 Å². The SMILES string of the molecule is Cc1ccc(OCCc2nnc3ccc(Br)cn23)cc1. The molecule has 0 saturated carbocycles. The number of hydrogen-bond donors (Lipinski definition) is 0. The molecule has 0 aliphatic rings. The van der Waals surface area contributed by atoms with Crippen LogP contribution in [0.25, 0.3) is 5.65 Å². The first-order chi connectivity index (χ1) is 9.72. The van der Waals surface area contributed by atoms with E-state index in [9.17, 15) is 0 Å². The average molecular weight is 332 g/mol. The van der Waals surface area contributed by atoms with Crippen LogP contribution >= 0.6 is 15.9 Å². The highest BCUT2D eigenvalue weighted by Crippen LogP contribution is 2.14. The van der Waals surface area contributed by atoms with E-state index in [1.165, 1.54) is 5.56 Å². The van der Waals surface area contributed by atoms with E-state index in [0.29, 0.717) is 13.0 Å². The number of nitrogens with zero attached hydrogens (tertiary/aromatic N) is 3. The molecule has 0 spiro atoms. The molecule has 102 valence electrons. The minimum absolute atomic E-state index is 0.580. The number of aryl methyl sites for hydroxylation is 1. The van der Waals surface area contributed by atoms with Gasteiger partial charge in [-0.1, -0.05) is 17.7 Å². The molecule has 0 saturated heterocycles. The summed E-state index contributed by atoms with van der Waals surface area (Å²) in [5.74, 6) is 1.78. The van der Waals surface area contributed by atoms with Crippen LogP contribution in [0.2, 0.25) is 0 Å². The normalized spacial score (nSPS) is 10.9. The highest BCUT2D eigenvalue weighted by atomic mass is 79.9. The van der Waals surface area contributed by atoms with Gasteiger partial charge in [-0.3, -0.25) is 4.40 Å². The van der Waals surface area contributed by atoms with E-state index < -0.39 is 0 Å². The first-order valence-corrected chi connectivity index (χ1v) is 7.20. The molecule has 0 fully saturated rings. The Morgan fingerprint density at radius 1 is 1.10 bits per heavy atom. The monoisotopic (exact) mass is 331 g/mol. The molecule has 0 N–H and O–H groups in total. The molecule has 5 heteroatoms. The predicted octanol–water partition coefficient (Wildman–Crippen LogP) is 3.42. The molecule has 0 bridgehead atoms. The van der Waals surface area contributed by atoms with Gasteiger partial charge >= 0.3 is 0 Å². The van der Waals surface area contributed by atoms with Crippen molar-refractivity contribution in [3.63, 3.8) is 0 Å². The largest absolute Gasteiger partial charge is 0.493 e. The number of halogens is 1. The van der Waals surface area contributed by atoms with Crippen LogP contribution in [-0.2, 0) is 6.42 Å². The highest BCUT2D eigenvalue weighted by molar-refractivity contribution is 9.10. The zero-order chi connectivity index (χ0) is 13.9. The van der Waals surface area contributed by atoms with Gasteiger partial charge in [-0.15, -0.1) is 10.2 Å². The number of ether oxygens (including phenoxy) is 1. The number of rotatable bonds is 4.